The zero-order valence-electron chi connectivity index (χ0n) is 10.5. The van der Waals surface area contributed by atoms with Gasteiger partial charge in [-0.1, -0.05) is 44.0 Å². The molecule has 0 bridgehead atoms. The van der Waals surface area contributed by atoms with Crippen LogP contribution in [0.2, 0.25) is 0 Å². The van der Waals surface area contributed by atoms with Crippen molar-refractivity contribution in [2.45, 2.75) is 32.6 Å². The predicted octanol–water partition coefficient (Wildman–Crippen LogP) is 3.43. The maximum Gasteiger partial charge on any atom is 0.168 e. The molecule has 0 N–H and O–H groups in total. The highest BCUT2D eigenvalue weighted by molar-refractivity contribution is 7.93. The number of hydrogen-bond acceptors (Lipinski definition) is 2. The highest BCUT2D eigenvalue weighted by Gasteiger charge is 1.95. The number of benzene rings is 1. The standard InChI is InChI=1S/C14H20O2S/c1-3-4-5-6-13-7-9-14(10-8-13)11-12-17(2,15)16/h7-12H,3-6H2,1-2H3/b12-11+. The first-order valence-electron chi connectivity index (χ1n) is 5.98. The van der Waals surface area contributed by atoms with Gasteiger partial charge in [0.05, 0.1) is 0 Å². The van der Waals surface area contributed by atoms with Gasteiger partial charge in [0.25, 0.3) is 0 Å². The monoisotopic (exact) mass is 252 g/mol. The van der Waals surface area contributed by atoms with Crippen LogP contribution in [0, 0.1) is 0 Å². The summed E-state index contributed by atoms with van der Waals surface area (Å²) in [4.78, 5) is 0. The van der Waals surface area contributed by atoms with E-state index in [9.17, 15) is 8.42 Å². The van der Waals surface area contributed by atoms with Gasteiger partial charge in [0, 0.05) is 11.7 Å². The first-order chi connectivity index (χ1) is 8.01. The number of unbranched alkanes of at least 4 members (excludes halogenated alkanes) is 2. The van der Waals surface area contributed by atoms with Crippen molar-refractivity contribution in [1.82, 2.24) is 0 Å². The molecule has 0 aromatic heterocycles. The second-order valence-electron chi connectivity index (χ2n) is 4.33. The van der Waals surface area contributed by atoms with Gasteiger partial charge in [-0.2, -0.15) is 0 Å². The van der Waals surface area contributed by atoms with E-state index in [4.69, 9.17) is 0 Å². The predicted molar refractivity (Wildman–Crippen MR) is 73.5 cm³/mol. The molecule has 17 heavy (non-hydrogen) atoms. The van der Waals surface area contributed by atoms with Crippen LogP contribution in [0.4, 0.5) is 0 Å². The lowest BCUT2D eigenvalue weighted by atomic mass is 10.1. The van der Waals surface area contributed by atoms with E-state index in [2.05, 4.69) is 19.1 Å². The van der Waals surface area contributed by atoms with Crippen LogP contribution >= 0.6 is 0 Å². The summed E-state index contributed by atoms with van der Waals surface area (Å²) >= 11 is 0. The van der Waals surface area contributed by atoms with E-state index in [1.807, 2.05) is 12.1 Å². The Bertz CT molecular complexity index is 456. The smallest absolute Gasteiger partial charge is 0.168 e. The molecule has 0 aliphatic carbocycles. The average Bonchev–Trinajstić information content (AvgIpc) is 2.27. The summed E-state index contributed by atoms with van der Waals surface area (Å²) in [5, 5.41) is 1.24. The van der Waals surface area contributed by atoms with Crippen molar-refractivity contribution in [2.24, 2.45) is 0 Å². The molecular formula is C14H20O2S. The van der Waals surface area contributed by atoms with Gasteiger partial charge < -0.3 is 0 Å². The molecular weight excluding hydrogens is 232 g/mol. The van der Waals surface area contributed by atoms with E-state index in [1.165, 1.54) is 36.5 Å². The van der Waals surface area contributed by atoms with Gasteiger partial charge in [0.2, 0.25) is 0 Å². The fraction of sp³-hybridized carbons (Fsp3) is 0.429. The van der Waals surface area contributed by atoms with Crippen LogP contribution in [-0.2, 0) is 16.3 Å². The van der Waals surface area contributed by atoms with Gasteiger partial charge in [0.1, 0.15) is 0 Å². The summed E-state index contributed by atoms with van der Waals surface area (Å²) in [5.74, 6) is 0. The number of sulfone groups is 1. The third-order valence-electron chi connectivity index (χ3n) is 2.56. The van der Waals surface area contributed by atoms with Gasteiger partial charge >= 0.3 is 0 Å². The maximum absolute atomic E-state index is 11.0. The van der Waals surface area contributed by atoms with E-state index in [0.717, 1.165) is 12.0 Å². The molecule has 0 spiro atoms. The topological polar surface area (TPSA) is 34.1 Å². The third-order valence-corrected chi connectivity index (χ3v) is 3.19. The first-order valence-corrected chi connectivity index (χ1v) is 7.94. The molecule has 0 radical (unpaired) electrons. The molecule has 3 heteroatoms. The highest BCUT2D eigenvalue weighted by atomic mass is 32.2. The lowest BCUT2D eigenvalue weighted by molar-refractivity contribution is 0.610. The van der Waals surface area contributed by atoms with Crippen molar-refractivity contribution >= 4 is 15.9 Å². The average molecular weight is 252 g/mol. The van der Waals surface area contributed by atoms with Crippen LogP contribution in [-0.4, -0.2) is 14.7 Å². The van der Waals surface area contributed by atoms with Crippen molar-refractivity contribution < 1.29 is 8.42 Å². The molecule has 0 fully saturated rings. The van der Waals surface area contributed by atoms with E-state index >= 15 is 0 Å². The van der Waals surface area contributed by atoms with E-state index < -0.39 is 9.84 Å². The minimum absolute atomic E-state index is 0.926. The van der Waals surface area contributed by atoms with Crippen molar-refractivity contribution in [2.75, 3.05) is 6.26 Å². The molecule has 1 rings (SSSR count). The molecule has 0 saturated carbocycles. The Balaban J connectivity index is 2.59. The minimum Gasteiger partial charge on any atom is -0.225 e. The zero-order chi connectivity index (χ0) is 12.7. The van der Waals surface area contributed by atoms with Gasteiger partial charge in [-0.3, -0.25) is 0 Å². The van der Waals surface area contributed by atoms with Crippen LogP contribution < -0.4 is 0 Å². The Morgan fingerprint density at radius 1 is 1.12 bits per heavy atom. The van der Waals surface area contributed by atoms with E-state index in [0.29, 0.717) is 0 Å². The van der Waals surface area contributed by atoms with Gasteiger partial charge in [-0.25, -0.2) is 8.42 Å². The Kier molecular flexibility index (Phi) is 5.42. The Hall–Kier alpha value is -1.09. The first kappa shape index (κ1) is 14.0. The lowest BCUT2D eigenvalue weighted by Gasteiger charge is -2.01. The quantitative estimate of drug-likeness (QED) is 0.727. The Morgan fingerprint density at radius 3 is 2.29 bits per heavy atom. The van der Waals surface area contributed by atoms with E-state index in [1.54, 1.807) is 6.08 Å². The van der Waals surface area contributed by atoms with Crippen molar-refractivity contribution in [1.29, 1.82) is 0 Å². The molecule has 0 amide bonds. The van der Waals surface area contributed by atoms with Gasteiger partial charge in [0.15, 0.2) is 9.84 Å². The summed E-state index contributed by atoms with van der Waals surface area (Å²) in [6.45, 7) is 2.19. The molecule has 0 unspecified atom stereocenters. The highest BCUT2D eigenvalue weighted by Crippen LogP contribution is 2.10. The molecule has 0 aliphatic heterocycles. The largest absolute Gasteiger partial charge is 0.225 e. The van der Waals surface area contributed by atoms with Crippen LogP contribution in [0.1, 0.15) is 37.3 Å². The summed E-state index contributed by atoms with van der Waals surface area (Å²) in [5.41, 5.74) is 2.24. The SMILES string of the molecule is CCCCCc1ccc(/C=C/S(C)(=O)=O)cc1. The third kappa shape index (κ3) is 6.27. The second kappa shape index (κ2) is 6.60. The Labute approximate surface area is 104 Å². The second-order valence-corrected chi connectivity index (χ2v) is 6.26. The van der Waals surface area contributed by atoms with Crippen LogP contribution in [0.15, 0.2) is 29.7 Å². The van der Waals surface area contributed by atoms with Crippen LogP contribution in [0.3, 0.4) is 0 Å². The number of hydrogen-bond donors (Lipinski definition) is 0. The van der Waals surface area contributed by atoms with Crippen molar-refractivity contribution in [3.63, 3.8) is 0 Å². The normalized spacial score (nSPS) is 12.1. The molecule has 1 aromatic rings. The fourth-order valence-corrected chi connectivity index (χ4v) is 1.98. The Morgan fingerprint density at radius 2 is 1.76 bits per heavy atom. The summed E-state index contributed by atoms with van der Waals surface area (Å²) in [6, 6.07) is 8.06. The number of aryl methyl sites for hydroxylation is 1. The number of rotatable bonds is 6. The van der Waals surface area contributed by atoms with Crippen molar-refractivity contribution in [3.8, 4) is 0 Å². The maximum atomic E-state index is 11.0. The molecule has 0 saturated heterocycles. The molecule has 0 aliphatic rings. The molecule has 0 heterocycles. The minimum atomic E-state index is -3.03. The van der Waals surface area contributed by atoms with Crippen LogP contribution in [0.5, 0.6) is 0 Å². The molecule has 94 valence electrons. The molecule has 0 atom stereocenters. The van der Waals surface area contributed by atoms with Gasteiger partial charge in [-0.15, -0.1) is 0 Å². The van der Waals surface area contributed by atoms with E-state index in [-0.39, 0.29) is 0 Å². The summed E-state index contributed by atoms with van der Waals surface area (Å²) in [7, 11) is -3.03. The van der Waals surface area contributed by atoms with Gasteiger partial charge in [-0.05, 0) is 30.0 Å². The zero-order valence-corrected chi connectivity index (χ0v) is 11.3. The molecule has 1 aromatic carbocycles. The lowest BCUT2D eigenvalue weighted by Crippen LogP contribution is -1.88. The molecule has 2 nitrogen and oxygen atoms in total. The summed E-state index contributed by atoms with van der Waals surface area (Å²) in [6.07, 6.45) is 7.64. The summed E-state index contributed by atoms with van der Waals surface area (Å²) < 4.78 is 21.9. The van der Waals surface area contributed by atoms with Crippen LogP contribution in [0.25, 0.3) is 6.08 Å². The van der Waals surface area contributed by atoms with Crippen molar-refractivity contribution in [3.05, 3.63) is 40.8 Å². The fourth-order valence-electron chi connectivity index (χ4n) is 1.58.